The van der Waals surface area contributed by atoms with E-state index >= 15 is 0 Å². The first-order valence-electron chi connectivity index (χ1n) is 7.18. The minimum atomic E-state index is 0.641. The molecular weight excluding hydrogens is 284 g/mol. The molecule has 0 aliphatic rings. The third-order valence-electron chi connectivity index (χ3n) is 3.11. The SMILES string of the molecule is CC(C)CCNc1cc(NCc2ccccc2Cl)ncn1. The van der Waals surface area contributed by atoms with Gasteiger partial charge in [-0.15, -0.1) is 0 Å². The number of hydrogen-bond acceptors (Lipinski definition) is 4. The molecule has 1 aromatic carbocycles. The second-order valence-electron chi connectivity index (χ2n) is 5.34. The van der Waals surface area contributed by atoms with Gasteiger partial charge in [0.05, 0.1) is 0 Å². The zero-order valence-electron chi connectivity index (χ0n) is 12.4. The standard InChI is InChI=1S/C16H21ClN4/c1-12(2)7-8-18-15-9-16(21-11-20-15)19-10-13-5-3-4-6-14(13)17/h3-6,9,11-12H,7-8,10H2,1-2H3,(H2,18,19,20,21). The Bertz CT molecular complexity index is 572. The maximum absolute atomic E-state index is 6.13. The van der Waals surface area contributed by atoms with E-state index in [9.17, 15) is 0 Å². The van der Waals surface area contributed by atoms with Gasteiger partial charge in [-0.25, -0.2) is 9.97 Å². The molecule has 1 heterocycles. The number of nitrogens with one attached hydrogen (secondary N) is 2. The number of rotatable bonds is 7. The lowest BCUT2D eigenvalue weighted by Gasteiger charge is -2.10. The highest BCUT2D eigenvalue weighted by Crippen LogP contribution is 2.17. The van der Waals surface area contributed by atoms with Gasteiger partial charge in [0, 0.05) is 24.2 Å². The van der Waals surface area contributed by atoms with E-state index < -0.39 is 0 Å². The fourth-order valence-corrected chi connectivity index (χ4v) is 2.07. The van der Waals surface area contributed by atoms with Crippen LogP contribution < -0.4 is 10.6 Å². The van der Waals surface area contributed by atoms with Gasteiger partial charge in [-0.05, 0) is 24.0 Å². The summed E-state index contributed by atoms with van der Waals surface area (Å²) in [7, 11) is 0. The fraction of sp³-hybridized carbons (Fsp3) is 0.375. The predicted octanol–water partition coefficient (Wildman–Crippen LogP) is 4.20. The first-order chi connectivity index (χ1) is 10.1. The van der Waals surface area contributed by atoms with Crippen LogP contribution in [0.4, 0.5) is 11.6 Å². The predicted molar refractivity (Wildman–Crippen MR) is 88.8 cm³/mol. The smallest absolute Gasteiger partial charge is 0.131 e. The summed E-state index contributed by atoms with van der Waals surface area (Å²) in [6.45, 7) is 5.97. The topological polar surface area (TPSA) is 49.8 Å². The van der Waals surface area contributed by atoms with Crippen LogP contribution in [-0.2, 0) is 6.54 Å². The molecule has 0 atom stereocenters. The fourth-order valence-electron chi connectivity index (χ4n) is 1.87. The van der Waals surface area contributed by atoms with Crippen molar-refractivity contribution in [3.05, 3.63) is 47.2 Å². The monoisotopic (exact) mass is 304 g/mol. The summed E-state index contributed by atoms with van der Waals surface area (Å²) in [6, 6.07) is 9.70. The van der Waals surface area contributed by atoms with Crippen LogP contribution in [0.5, 0.6) is 0 Å². The van der Waals surface area contributed by atoms with Gasteiger partial charge in [0.25, 0.3) is 0 Å². The first kappa shape index (κ1) is 15.6. The highest BCUT2D eigenvalue weighted by atomic mass is 35.5. The van der Waals surface area contributed by atoms with Crippen molar-refractivity contribution in [2.24, 2.45) is 5.92 Å². The number of anilines is 2. The van der Waals surface area contributed by atoms with Crippen LogP contribution >= 0.6 is 11.6 Å². The molecule has 0 fully saturated rings. The molecular formula is C16H21ClN4. The van der Waals surface area contributed by atoms with Crippen molar-refractivity contribution in [1.82, 2.24) is 9.97 Å². The maximum atomic E-state index is 6.13. The summed E-state index contributed by atoms with van der Waals surface area (Å²) in [6.07, 6.45) is 2.68. The van der Waals surface area contributed by atoms with Crippen molar-refractivity contribution >= 4 is 23.2 Å². The van der Waals surface area contributed by atoms with Crippen LogP contribution in [0.3, 0.4) is 0 Å². The average molecular weight is 305 g/mol. The molecule has 0 aliphatic carbocycles. The van der Waals surface area contributed by atoms with Gasteiger partial charge in [-0.1, -0.05) is 43.6 Å². The zero-order valence-corrected chi connectivity index (χ0v) is 13.2. The summed E-state index contributed by atoms with van der Waals surface area (Å²) in [5, 5.41) is 7.33. The van der Waals surface area contributed by atoms with E-state index in [4.69, 9.17) is 11.6 Å². The highest BCUT2D eigenvalue weighted by Gasteiger charge is 2.02. The summed E-state index contributed by atoms with van der Waals surface area (Å²) < 4.78 is 0. The Labute approximate surface area is 131 Å². The lowest BCUT2D eigenvalue weighted by Crippen LogP contribution is -2.08. The van der Waals surface area contributed by atoms with Crippen LogP contribution in [0.25, 0.3) is 0 Å². The molecule has 0 saturated heterocycles. The second-order valence-corrected chi connectivity index (χ2v) is 5.75. The van der Waals surface area contributed by atoms with E-state index in [1.807, 2.05) is 30.3 Å². The Morgan fingerprint density at radius 1 is 1.10 bits per heavy atom. The molecule has 5 heteroatoms. The van der Waals surface area contributed by atoms with E-state index in [0.717, 1.165) is 35.2 Å². The normalized spacial score (nSPS) is 10.7. The quantitative estimate of drug-likeness (QED) is 0.805. The molecule has 0 bridgehead atoms. The number of halogens is 1. The maximum Gasteiger partial charge on any atom is 0.131 e. The molecule has 0 amide bonds. The van der Waals surface area contributed by atoms with Crippen LogP contribution in [0.15, 0.2) is 36.7 Å². The third-order valence-corrected chi connectivity index (χ3v) is 3.48. The molecule has 0 radical (unpaired) electrons. The van der Waals surface area contributed by atoms with E-state index in [1.54, 1.807) is 6.33 Å². The molecule has 21 heavy (non-hydrogen) atoms. The van der Waals surface area contributed by atoms with Crippen LogP contribution in [0.2, 0.25) is 5.02 Å². The molecule has 112 valence electrons. The molecule has 0 unspecified atom stereocenters. The summed E-state index contributed by atoms with van der Waals surface area (Å²) >= 11 is 6.13. The number of benzene rings is 1. The Kier molecular flexibility index (Phi) is 5.81. The van der Waals surface area contributed by atoms with Crippen molar-refractivity contribution in [2.45, 2.75) is 26.8 Å². The molecule has 1 aromatic heterocycles. The summed E-state index contributed by atoms with van der Waals surface area (Å²) in [4.78, 5) is 8.44. The van der Waals surface area contributed by atoms with Gasteiger partial charge in [0.2, 0.25) is 0 Å². The third kappa shape index (κ3) is 5.23. The molecule has 2 aromatic rings. The minimum Gasteiger partial charge on any atom is -0.370 e. The lowest BCUT2D eigenvalue weighted by atomic mass is 10.1. The molecule has 0 spiro atoms. The average Bonchev–Trinajstić information content (AvgIpc) is 2.46. The molecule has 0 saturated carbocycles. The van der Waals surface area contributed by atoms with E-state index in [-0.39, 0.29) is 0 Å². The largest absolute Gasteiger partial charge is 0.370 e. The Balaban J connectivity index is 1.90. The van der Waals surface area contributed by atoms with E-state index in [2.05, 4.69) is 34.4 Å². The van der Waals surface area contributed by atoms with Crippen molar-refractivity contribution in [3.8, 4) is 0 Å². The number of aromatic nitrogens is 2. The Hall–Kier alpha value is -1.81. The molecule has 2 N–H and O–H groups in total. The van der Waals surface area contributed by atoms with Crippen molar-refractivity contribution in [2.75, 3.05) is 17.2 Å². The van der Waals surface area contributed by atoms with E-state index in [0.29, 0.717) is 12.5 Å². The van der Waals surface area contributed by atoms with Gasteiger partial charge in [0.15, 0.2) is 0 Å². The zero-order chi connectivity index (χ0) is 15.1. The summed E-state index contributed by atoms with van der Waals surface area (Å²) in [5.41, 5.74) is 1.05. The minimum absolute atomic E-state index is 0.641. The van der Waals surface area contributed by atoms with Gasteiger partial charge in [0.1, 0.15) is 18.0 Å². The van der Waals surface area contributed by atoms with Crippen LogP contribution in [0, 0.1) is 5.92 Å². The highest BCUT2D eigenvalue weighted by molar-refractivity contribution is 6.31. The second kappa shape index (κ2) is 7.84. The Morgan fingerprint density at radius 3 is 2.52 bits per heavy atom. The number of nitrogens with zero attached hydrogens (tertiary/aromatic N) is 2. The summed E-state index contributed by atoms with van der Waals surface area (Å²) in [5.74, 6) is 2.31. The molecule has 2 rings (SSSR count). The molecule has 0 aliphatic heterocycles. The van der Waals surface area contributed by atoms with Gasteiger partial charge >= 0.3 is 0 Å². The van der Waals surface area contributed by atoms with Crippen LogP contribution in [-0.4, -0.2) is 16.5 Å². The van der Waals surface area contributed by atoms with Gasteiger partial charge in [-0.2, -0.15) is 0 Å². The lowest BCUT2D eigenvalue weighted by molar-refractivity contribution is 0.606. The first-order valence-corrected chi connectivity index (χ1v) is 7.56. The van der Waals surface area contributed by atoms with Crippen molar-refractivity contribution < 1.29 is 0 Å². The molecule has 4 nitrogen and oxygen atoms in total. The van der Waals surface area contributed by atoms with E-state index in [1.165, 1.54) is 0 Å². The van der Waals surface area contributed by atoms with Gasteiger partial charge < -0.3 is 10.6 Å². The van der Waals surface area contributed by atoms with Crippen molar-refractivity contribution in [3.63, 3.8) is 0 Å². The van der Waals surface area contributed by atoms with Crippen molar-refractivity contribution in [1.29, 1.82) is 0 Å². The van der Waals surface area contributed by atoms with Crippen LogP contribution in [0.1, 0.15) is 25.8 Å². The Morgan fingerprint density at radius 2 is 1.81 bits per heavy atom. The number of hydrogen-bond donors (Lipinski definition) is 2. The van der Waals surface area contributed by atoms with Gasteiger partial charge in [-0.3, -0.25) is 0 Å².